The zero-order chi connectivity index (χ0) is 22.2. The second-order valence-corrected chi connectivity index (χ2v) is 7.52. The van der Waals surface area contributed by atoms with Gasteiger partial charge in [0.05, 0.1) is 0 Å². The van der Waals surface area contributed by atoms with Crippen molar-refractivity contribution in [2.45, 2.75) is 19.3 Å². The van der Waals surface area contributed by atoms with Crippen molar-refractivity contribution in [3.63, 3.8) is 0 Å². The molecule has 0 spiro atoms. The van der Waals surface area contributed by atoms with Crippen molar-refractivity contribution in [1.82, 2.24) is 9.97 Å². The van der Waals surface area contributed by atoms with E-state index in [1.165, 1.54) is 0 Å². The summed E-state index contributed by atoms with van der Waals surface area (Å²) in [5.74, 6) is -2.96. The summed E-state index contributed by atoms with van der Waals surface area (Å²) >= 11 is 0. The van der Waals surface area contributed by atoms with Crippen molar-refractivity contribution in [3.8, 4) is 22.5 Å². The van der Waals surface area contributed by atoms with Crippen LogP contribution in [0.2, 0.25) is 0 Å². The van der Waals surface area contributed by atoms with Gasteiger partial charge in [0.25, 0.3) is 0 Å². The van der Waals surface area contributed by atoms with E-state index >= 15 is 0 Å². The monoisotopic (exact) mass is 526 g/mol. The number of nitrogens with zero attached hydrogens (tertiary/aromatic N) is 2. The number of pyridine rings is 2. The molecule has 4 rings (SSSR count). The van der Waals surface area contributed by atoms with Crippen molar-refractivity contribution < 1.29 is 38.0 Å². The first-order chi connectivity index (χ1) is 14.8. The Morgan fingerprint density at radius 3 is 1.47 bits per heavy atom. The Hall–Kier alpha value is -2.88. The van der Waals surface area contributed by atoms with Crippen LogP contribution in [0.4, 0.5) is 17.6 Å². The van der Waals surface area contributed by atoms with Gasteiger partial charge in [-0.25, -0.2) is 0 Å². The molecule has 0 unspecified atom stereocenters. The maximum Gasteiger partial charge on any atom is 2.00 e. The van der Waals surface area contributed by atoms with Crippen LogP contribution in [0, 0.1) is 35.4 Å². The normalized spacial score (nSPS) is 11.2. The molecule has 164 valence electrons. The SMILES string of the molecule is CC(C)(c1cccc(-c2[c-]cc(F)cc2F)n1)c1cccc(-c2[c-]cc(F)cc2F)n1.[Pd+2]. The summed E-state index contributed by atoms with van der Waals surface area (Å²) in [4.78, 5) is 9.10. The van der Waals surface area contributed by atoms with E-state index in [0.29, 0.717) is 22.8 Å². The number of hydrogen-bond donors (Lipinski definition) is 0. The Morgan fingerprint density at radius 2 is 1.09 bits per heavy atom. The van der Waals surface area contributed by atoms with Crippen LogP contribution in [0.25, 0.3) is 22.5 Å². The fourth-order valence-electron chi connectivity index (χ4n) is 3.26. The maximum atomic E-state index is 14.2. The van der Waals surface area contributed by atoms with Crippen LogP contribution in [-0.4, -0.2) is 9.97 Å². The first-order valence-electron chi connectivity index (χ1n) is 9.45. The van der Waals surface area contributed by atoms with Crippen LogP contribution in [-0.2, 0) is 25.8 Å². The zero-order valence-corrected chi connectivity index (χ0v) is 18.6. The van der Waals surface area contributed by atoms with Gasteiger partial charge >= 0.3 is 20.4 Å². The number of aromatic nitrogens is 2. The molecule has 4 aromatic rings. The minimum Gasteiger partial charge on any atom is -0.300 e. The van der Waals surface area contributed by atoms with Crippen LogP contribution < -0.4 is 0 Å². The average molecular weight is 527 g/mol. The second kappa shape index (κ2) is 9.32. The van der Waals surface area contributed by atoms with E-state index in [1.54, 1.807) is 36.4 Å². The van der Waals surface area contributed by atoms with Crippen molar-refractivity contribution in [3.05, 3.63) is 107 Å². The molecule has 0 saturated heterocycles. The van der Waals surface area contributed by atoms with Crippen molar-refractivity contribution in [2.75, 3.05) is 0 Å². The van der Waals surface area contributed by atoms with Gasteiger partial charge < -0.3 is 9.97 Å². The van der Waals surface area contributed by atoms with E-state index in [1.807, 2.05) is 13.8 Å². The Kier molecular flexibility index (Phi) is 6.92. The summed E-state index contributed by atoms with van der Waals surface area (Å²) in [5, 5.41) is 0. The first-order valence-corrected chi connectivity index (χ1v) is 9.45. The maximum absolute atomic E-state index is 14.2. The molecule has 0 saturated carbocycles. The molecule has 0 aliphatic rings. The van der Waals surface area contributed by atoms with Crippen LogP contribution >= 0.6 is 0 Å². The van der Waals surface area contributed by atoms with Crippen LogP contribution in [0.3, 0.4) is 0 Å². The quantitative estimate of drug-likeness (QED) is 0.177. The average Bonchev–Trinajstić information content (AvgIpc) is 2.74. The zero-order valence-electron chi connectivity index (χ0n) is 17.0. The van der Waals surface area contributed by atoms with E-state index in [9.17, 15) is 17.6 Å². The molecule has 2 aromatic carbocycles. The minimum absolute atomic E-state index is 0. The van der Waals surface area contributed by atoms with Crippen molar-refractivity contribution in [1.29, 1.82) is 0 Å². The molecular weight excluding hydrogens is 511 g/mol. The van der Waals surface area contributed by atoms with E-state index in [4.69, 9.17) is 0 Å². The fraction of sp³-hybridized carbons (Fsp3) is 0.120. The van der Waals surface area contributed by atoms with Gasteiger partial charge in [-0.15, -0.1) is 24.3 Å². The second-order valence-electron chi connectivity index (χ2n) is 7.52. The molecule has 0 bridgehead atoms. The van der Waals surface area contributed by atoms with Gasteiger partial charge in [-0.2, -0.15) is 0 Å². The Bertz CT molecular complexity index is 1180. The number of hydrogen-bond acceptors (Lipinski definition) is 2. The molecule has 0 atom stereocenters. The molecule has 2 aromatic heterocycles. The summed E-state index contributed by atoms with van der Waals surface area (Å²) in [5.41, 5.74) is 1.14. The standard InChI is InChI=1S/C25H16F4N2.Pd/c1-25(2,23-7-3-5-21(30-23)17-11-9-15(26)13-19(17)28)24-8-4-6-22(31-24)18-12-10-16(27)14-20(18)29;/h3-10,13-14H,1-2H3;/q-2;+2. The third kappa shape index (κ3) is 4.64. The molecule has 2 nitrogen and oxygen atoms in total. The summed E-state index contributed by atoms with van der Waals surface area (Å²) in [7, 11) is 0. The molecule has 0 radical (unpaired) electrons. The van der Waals surface area contributed by atoms with Crippen molar-refractivity contribution >= 4 is 0 Å². The molecule has 0 aliphatic carbocycles. The molecule has 0 N–H and O–H groups in total. The van der Waals surface area contributed by atoms with Crippen LogP contribution in [0.1, 0.15) is 25.2 Å². The third-order valence-corrected chi connectivity index (χ3v) is 5.01. The van der Waals surface area contributed by atoms with Gasteiger partial charge in [0.1, 0.15) is 0 Å². The summed E-state index contributed by atoms with van der Waals surface area (Å²) in [6, 6.07) is 19.0. The number of benzene rings is 2. The molecular formula is C25H16F4N2Pd. The number of halogens is 4. The van der Waals surface area contributed by atoms with E-state index in [0.717, 1.165) is 24.3 Å². The fourth-order valence-corrected chi connectivity index (χ4v) is 3.26. The Labute approximate surface area is 197 Å². The summed E-state index contributed by atoms with van der Waals surface area (Å²) in [6.45, 7) is 3.75. The molecule has 0 amide bonds. The first kappa shape index (κ1) is 23.8. The molecule has 7 heteroatoms. The largest absolute Gasteiger partial charge is 2.00 e. The topological polar surface area (TPSA) is 25.8 Å². The molecule has 0 fully saturated rings. The van der Waals surface area contributed by atoms with Crippen LogP contribution in [0.15, 0.2) is 60.7 Å². The predicted octanol–water partition coefficient (Wildman–Crippen LogP) is 6.29. The van der Waals surface area contributed by atoms with Crippen molar-refractivity contribution in [2.24, 2.45) is 0 Å². The van der Waals surface area contributed by atoms with E-state index < -0.39 is 28.7 Å². The van der Waals surface area contributed by atoms with Gasteiger partial charge in [-0.05, 0) is 37.4 Å². The smallest absolute Gasteiger partial charge is 0.300 e. The van der Waals surface area contributed by atoms with Gasteiger partial charge in [-0.3, -0.25) is 17.6 Å². The van der Waals surface area contributed by atoms with Gasteiger partial charge in [0.15, 0.2) is 0 Å². The Morgan fingerprint density at radius 1 is 0.688 bits per heavy atom. The predicted molar refractivity (Wildman–Crippen MR) is 109 cm³/mol. The summed E-state index contributed by atoms with van der Waals surface area (Å²) in [6.07, 6.45) is 0. The van der Waals surface area contributed by atoms with Gasteiger partial charge in [0, 0.05) is 40.1 Å². The molecule has 32 heavy (non-hydrogen) atoms. The summed E-state index contributed by atoms with van der Waals surface area (Å²) < 4.78 is 54.9. The van der Waals surface area contributed by atoms with E-state index in [-0.39, 0.29) is 31.5 Å². The molecule has 0 aliphatic heterocycles. The third-order valence-electron chi connectivity index (χ3n) is 5.01. The van der Waals surface area contributed by atoms with Crippen LogP contribution in [0.5, 0.6) is 0 Å². The van der Waals surface area contributed by atoms with Gasteiger partial charge in [-0.1, -0.05) is 47.5 Å². The van der Waals surface area contributed by atoms with E-state index in [2.05, 4.69) is 22.1 Å². The minimum atomic E-state index is -0.759. The Balaban J connectivity index is 0.00000289. The van der Waals surface area contributed by atoms with Gasteiger partial charge in [0.2, 0.25) is 0 Å². The molecule has 2 heterocycles. The number of rotatable bonds is 4.